The zero-order valence-electron chi connectivity index (χ0n) is 12.3. The highest BCUT2D eigenvalue weighted by Gasteiger charge is 2.22. The molecule has 1 aromatic carbocycles. The van der Waals surface area contributed by atoms with Crippen molar-refractivity contribution >= 4 is 5.78 Å². The van der Waals surface area contributed by atoms with Gasteiger partial charge in [-0.05, 0) is 62.9 Å². The second kappa shape index (κ2) is 5.74. The standard InChI is InChI=1S/C16H23NO2/c1-10-8-15(19-4)11(2)12(3)16(10)14(18)9-13-6-5-7-17-13/h8,13,17H,5-7,9H2,1-4H3. The first kappa shape index (κ1) is 14.1. The molecule has 1 N–H and O–H groups in total. The molecular weight excluding hydrogens is 238 g/mol. The summed E-state index contributed by atoms with van der Waals surface area (Å²) in [4.78, 5) is 12.5. The number of hydrogen-bond donors (Lipinski definition) is 1. The molecule has 1 heterocycles. The van der Waals surface area contributed by atoms with Gasteiger partial charge < -0.3 is 10.1 Å². The van der Waals surface area contributed by atoms with E-state index in [9.17, 15) is 4.79 Å². The number of ether oxygens (including phenoxy) is 1. The first-order chi connectivity index (χ1) is 9.04. The van der Waals surface area contributed by atoms with E-state index >= 15 is 0 Å². The van der Waals surface area contributed by atoms with Crippen molar-refractivity contribution in [2.75, 3.05) is 13.7 Å². The lowest BCUT2D eigenvalue weighted by Gasteiger charge is -2.16. The lowest BCUT2D eigenvalue weighted by Crippen LogP contribution is -2.25. The molecule has 1 atom stereocenters. The molecule has 1 aromatic rings. The van der Waals surface area contributed by atoms with Gasteiger partial charge in [-0.15, -0.1) is 0 Å². The van der Waals surface area contributed by atoms with Crippen molar-refractivity contribution in [3.05, 3.63) is 28.3 Å². The van der Waals surface area contributed by atoms with Crippen molar-refractivity contribution in [3.63, 3.8) is 0 Å². The van der Waals surface area contributed by atoms with Crippen LogP contribution in [0, 0.1) is 20.8 Å². The molecule has 1 fully saturated rings. The van der Waals surface area contributed by atoms with Gasteiger partial charge in [-0.25, -0.2) is 0 Å². The fourth-order valence-electron chi connectivity index (χ4n) is 2.94. The predicted molar refractivity (Wildman–Crippen MR) is 77.2 cm³/mol. The number of carbonyl (C=O) groups is 1. The third-order valence-electron chi connectivity index (χ3n) is 4.14. The van der Waals surface area contributed by atoms with E-state index in [1.165, 1.54) is 6.42 Å². The third kappa shape index (κ3) is 2.81. The Bertz CT molecular complexity index is 488. The van der Waals surface area contributed by atoms with Crippen LogP contribution >= 0.6 is 0 Å². The Morgan fingerprint density at radius 3 is 2.68 bits per heavy atom. The second-order valence-electron chi connectivity index (χ2n) is 5.44. The van der Waals surface area contributed by atoms with Crippen molar-refractivity contribution in [1.82, 2.24) is 5.32 Å². The van der Waals surface area contributed by atoms with Gasteiger partial charge in [-0.3, -0.25) is 4.79 Å². The zero-order chi connectivity index (χ0) is 14.0. The van der Waals surface area contributed by atoms with Gasteiger partial charge in [0.25, 0.3) is 0 Å². The average molecular weight is 261 g/mol. The van der Waals surface area contributed by atoms with Crippen LogP contribution in [0.3, 0.4) is 0 Å². The fraction of sp³-hybridized carbons (Fsp3) is 0.562. The number of rotatable bonds is 4. The molecule has 0 aliphatic carbocycles. The van der Waals surface area contributed by atoms with Crippen LogP contribution in [0.2, 0.25) is 0 Å². The second-order valence-corrected chi connectivity index (χ2v) is 5.44. The molecule has 0 amide bonds. The first-order valence-corrected chi connectivity index (χ1v) is 6.96. The molecule has 3 nitrogen and oxygen atoms in total. The monoisotopic (exact) mass is 261 g/mol. The van der Waals surface area contributed by atoms with Gasteiger partial charge >= 0.3 is 0 Å². The molecule has 0 aromatic heterocycles. The number of nitrogens with one attached hydrogen (secondary N) is 1. The predicted octanol–water partition coefficient (Wildman–Crippen LogP) is 2.95. The highest BCUT2D eigenvalue weighted by atomic mass is 16.5. The summed E-state index contributed by atoms with van der Waals surface area (Å²) in [5, 5.41) is 3.39. The van der Waals surface area contributed by atoms with Gasteiger partial charge in [-0.1, -0.05) is 0 Å². The molecule has 0 bridgehead atoms. The van der Waals surface area contributed by atoms with E-state index in [1.807, 2.05) is 26.8 Å². The molecule has 3 heteroatoms. The first-order valence-electron chi connectivity index (χ1n) is 6.96. The van der Waals surface area contributed by atoms with Crippen molar-refractivity contribution in [2.24, 2.45) is 0 Å². The summed E-state index contributed by atoms with van der Waals surface area (Å²) in [6.07, 6.45) is 2.89. The Labute approximate surface area is 115 Å². The van der Waals surface area contributed by atoms with E-state index < -0.39 is 0 Å². The minimum absolute atomic E-state index is 0.250. The fourth-order valence-corrected chi connectivity index (χ4v) is 2.94. The minimum Gasteiger partial charge on any atom is -0.496 e. The Hall–Kier alpha value is -1.35. The molecule has 19 heavy (non-hydrogen) atoms. The third-order valence-corrected chi connectivity index (χ3v) is 4.14. The highest BCUT2D eigenvalue weighted by molar-refractivity contribution is 5.99. The number of methoxy groups -OCH3 is 1. The average Bonchev–Trinajstić information content (AvgIpc) is 2.86. The van der Waals surface area contributed by atoms with Crippen LogP contribution in [0.1, 0.15) is 46.3 Å². The maximum atomic E-state index is 12.5. The molecule has 0 saturated carbocycles. The van der Waals surface area contributed by atoms with E-state index in [4.69, 9.17) is 4.74 Å². The number of Topliss-reactive ketones (excluding diaryl/α,β-unsaturated/α-hetero) is 1. The molecule has 1 unspecified atom stereocenters. The number of ketones is 1. The van der Waals surface area contributed by atoms with Crippen molar-refractivity contribution in [3.8, 4) is 5.75 Å². The quantitative estimate of drug-likeness (QED) is 0.847. The molecule has 2 rings (SSSR count). The highest BCUT2D eigenvalue weighted by Crippen LogP contribution is 2.28. The maximum Gasteiger partial charge on any atom is 0.164 e. The van der Waals surface area contributed by atoms with E-state index in [0.717, 1.165) is 41.0 Å². The van der Waals surface area contributed by atoms with Gasteiger partial charge in [0.1, 0.15) is 5.75 Å². The van der Waals surface area contributed by atoms with Crippen LogP contribution < -0.4 is 10.1 Å². The van der Waals surface area contributed by atoms with Gasteiger partial charge in [0.15, 0.2) is 5.78 Å². The van der Waals surface area contributed by atoms with Crippen molar-refractivity contribution in [1.29, 1.82) is 0 Å². The van der Waals surface area contributed by atoms with Gasteiger partial charge in [0.05, 0.1) is 7.11 Å². The molecule has 1 aliphatic heterocycles. The van der Waals surface area contributed by atoms with Gasteiger partial charge in [-0.2, -0.15) is 0 Å². The molecule has 1 aliphatic rings. The lowest BCUT2D eigenvalue weighted by atomic mass is 9.91. The van der Waals surface area contributed by atoms with E-state index in [2.05, 4.69) is 5.32 Å². The van der Waals surface area contributed by atoms with Crippen LogP contribution in [0.15, 0.2) is 6.07 Å². The van der Waals surface area contributed by atoms with Crippen LogP contribution in [-0.2, 0) is 0 Å². The number of aryl methyl sites for hydroxylation is 1. The molecular formula is C16H23NO2. The largest absolute Gasteiger partial charge is 0.496 e. The van der Waals surface area contributed by atoms with E-state index in [0.29, 0.717) is 12.5 Å². The van der Waals surface area contributed by atoms with Gasteiger partial charge in [0, 0.05) is 18.0 Å². The van der Waals surface area contributed by atoms with Crippen LogP contribution in [0.25, 0.3) is 0 Å². The summed E-state index contributed by atoms with van der Waals surface area (Å²) in [7, 11) is 1.67. The molecule has 0 radical (unpaired) electrons. The summed E-state index contributed by atoms with van der Waals surface area (Å²) in [6.45, 7) is 7.06. The number of benzene rings is 1. The molecule has 0 spiro atoms. The SMILES string of the molecule is COc1cc(C)c(C(=O)CC2CCCN2)c(C)c1C. The summed E-state index contributed by atoms with van der Waals surface area (Å²) in [6, 6.07) is 2.33. The topological polar surface area (TPSA) is 38.3 Å². The summed E-state index contributed by atoms with van der Waals surface area (Å²) < 4.78 is 5.35. The summed E-state index contributed by atoms with van der Waals surface area (Å²) in [5.74, 6) is 1.12. The smallest absolute Gasteiger partial charge is 0.164 e. The number of hydrogen-bond acceptors (Lipinski definition) is 3. The van der Waals surface area contributed by atoms with Gasteiger partial charge in [0.2, 0.25) is 0 Å². The Balaban J connectivity index is 2.28. The zero-order valence-corrected chi connectivity index (χ0v) is 12.3. The summed E-state index contributed by atoms with van der Waals surface area (Å²) in [5.41, 5.74) is 4.02. The maximum absolute atomic E-state index is 12.5. The normalized spacial score (nSPS) is 18.6. The minimum atomic E-state index is 0.250. The Kier molecular flexibility index (Phi) is 4.25. The van der Waals surface area contributed by atoms with Crippen LogP contribution in [0.5, 0.6) is 5.75 Å². The molecule has 104 valence electrons. The summed E-state index contributed by atoms with van der Waals surface area (Å²) >= 11 is 0. The lowest BCUT2D eigenvalue weighted by molar-refractivity contribution is 0.0970. The van der Waals surface area contributed by atoms with Crippen molar-refractivity contribution in [2.45, 2.75) is 46.1 Å². The van der Waals surface area contributed by atoms with Crippen LogP contribution in [0.4, 0.5) is 0 Å². The Morgan fingerprint density at radius 1 is 1.37 bits per heavy atom. The molecule has 1 saturated heterocycles. The Morgan fingerprint density at radius 2 is 2.11 bits per heavy atom. The number of carbonyl (C=O) groups excluding carboxylic acids is 1. The van der Waals surface area contributed by atoms with Crippen LogP contribution in [-0.4, -0.2) is 25.5 Å². The van der Waals surface area contributed by atoms with E-state index in [1.54, 1.807) is 7.11 Å². The van der Waals surface area contributed by atoms with E-state index in [-0.39, 0.29) is 5.78 Å². The van der Waals surface area contributed by atoms with Crippen molar-refractivity contribution < 1.29 is 9.53 Å².